The highest BCUT2D eigenvalue weighted by Crippen LogP contribution is 2.13. The third kappa shape index (κ3) is 5.38. The van der Waals surface area contributed by atoms with Crippen molar-refractivity contribution in [2.75, 3.05) is 6.61 Å². The van der Waals surface area contributed by atoms with Gasteiger partial charge in [-0.05, 0) is 33.1 Å². The fraction of sp³-hybridized carbons (Fsp3) is 0.667. The third-order valence-corrected chi connectivity index (χ3v) is 2.41. The maximum absolute atomic E-state index is 10.3. The van der Waals surface area contributed by atoms with E-state index in [-0.39, 0.29) is 6.42 Å². The van der Waals surface area contributed by atoms with Gasteiger partial charge >= 0.3 is 5.97 Å². The van der Waals surface area contributed by atoms with Crippen molar-refractivity contribution < 1.29 is 14.6 Å². The molecule has 1 aromatic heterocycles. The van der Waals surface area contributed by atoms with Gasteiger partial charge in [0.2, 0.25) is 0 Å². The molecule has 1 heterocycles. The van der Waals surface area contributed by atoms with Crippen molar-refractivity contribution in [2.45, 2.75) is 45.6 Å². The SMILES string of the molecule is CC(C)n1cc(OCCCCCC(=O)O)cn1. The summed E-state index contributed by atoms with van der Waals surface area (Å²) in [6.45, 7) is 4.73. The standard InChI is InChI=1S/C12H20N2O3/c1-10(2)14-9-11(8-13-14)17-7-5-3-4-6-12(15)16/h8-10H,3-7H2,1-2H3,(H,15,16). The summed E-state index contributed by atoms with van der Waals surface area (Å²) < 4.78 is 7.36. The van der Waals surface area contributed by atoms with Crippen molar-refractivity contribution in [3.05, 3.63) is 12.4 Å². The normalized spacial score (nSPS) is 10.8. The van der Waals surface area contributed by atoms with Crippen LogP contribution in [0.15, 0.2) is 12.4 Å². The molecule has 0 radical (unpaired) electrons. The summed E-state index contributed by atoms with van der Waals surface area (Å²) in [4.78, 5) is 10.3. The highest BCUT2D eigenvalue weighted by molar-refractivity contribution is 5.66. The van der Waals surface area contributed by atoms with Crippen molar-refractivity contribution in [1.29, 1.82) is 0 Å². The number of aromatic nitrogens is 2. The van der Waals surface area contributed by atoms with Crippen molar-refractivity contribution in [2.24, 2.45) is 0 Å². The van der Waals surface area contributed by atoms with E-state index in [1.165, 1.54) is 0 Å². The van der Waals surface area contributed by atoms with Gasteiger partial charge < -0.3 is 9.84 Å². The van der Waals surface area contributed by atoms with Gasteiger partial charge in [-0.2, -0.15) is 5.10 Å². The minimum absolute atomic E-state index is 0.241. The molecular weight excluding hydrogens is 220 g/mol. The van der Waals surface area contributed by atoms with Crippen LogP contribution in [0, 0.1) is 0 Å². The van der Waals surface area contributed by atoms with Crippen LogP contribution in [-0.4, -0.2) is 27.5 Å². The fourth-order valence-electron chi connectivity index (χ4n) is 1.42. The molecule has 0 fully saturated rings. The zero-order valence-electron chi connectivity index (χ0n) is 10.4. The van der Waals surface area contributed by atoms with E-state index in [1.807, 2.05) is 10.9 Å². The van der Waals surface area contributed by atoms with Crippen LogP contribution in [0.2, 0.25) is 0 Å². The van der Waals surface area contributed by atoms with E-state index in [1.54, 1.807) is 6.20 Å². The second-order valence-electron chi connectivity index (χ2n) is 4.30. The molecule has 0 bridgehead atoms. The Kier molecular flexibility index (Phi) is 5.52. The molecule has 1 aromatic rings. The van der Waals surface area contributed by atoms with E-state index in [9.17, 15) is 4.79 Å². The number of aliphatic carboxylic acids is 1. The molecule has 0 spiro atoms. The highest BCUT2D eigenvalue weighted by Gasteiger charge is 2.02. The minimum Gasteiger partial charge on any atom is -0.490 e. The number of ether oxygens (including phenoxy) is 1. The topological polar surface area (TPSA) is 64.3 Å². The largest absolute Gasteiger partial charge is 0.490 e. The van der Waals surface area contributed by atoms with Crippen LogP contribution in [0.4, 0.5) is 0 Å². The lowest BCUT2D eigenvalue weighted by Crippen LogP contribution is -2.00. The number of carboxylic acids is 1. The first-order chi connectivity index (χ1) is 8.09. The number of carboxylic acid groups (broad SMARTS) is 1. The van der Waals surface area contributed by atoms with Gasteiger partial charge in [0.15, 0.2) is 5.75 Å². The van der Waals surface area contributed by atoms with Gasteiger partial charge in [0.1, 0.15) is 0 Å². The van der Waals surface area contributed by atoms with Gasteiger partial charge in [-0.1, -0.05) is 0 Å². The Morgan fingerprint density at radius 2 is 2.24 bits per heavy atom. The van der Waals surface area contributed by atoms with Crippen LogP contribution in [-0.2, 0) is 4.79 Å². The quantitative estimate of drug-likeness (QED) is 0.709. The van der Waals surface area contributed by atoms with E-state index < -0.39 is 5.97 Å². The summed E-state index contributed by atoms with van der Waals surface area (Å²) in [5, 5.41) is 12.6. The fourth-order valence-corrected chi connectivity index (χ4v) is 1.42. The second kappa shape index (κ2) is 6.93. The number of hydrogen-bond donors (Lipinski definition) is 1. The summed E-state index contributed by atoms with van der Waals surface area (Å²) in [6, 6.07) is 0.336. The van der Waals surface area contributed by atoms with E-state index in [4.69, 9.17) is 9.84 Å². The van der Waals surface area contributed by atoms with Crippen LogP contribution < -0.4 is 4.74 Å². The molecule has 0 atom stereocenters. The second-order valence-corrected chi connectivity index (χ2v) is 4.30. The Bertz CT molecular complexity index is 347. The zero-order valence-corrected chi connectivity index (χ0v) is 10.4. The van der Waals surface area contributed by atoms with Gasteiger partial charge in [0.25, 0.3) is 0 Å². The first-order valence-corrected chi connectivity index (χ1v) is 5.98. The molecule has 1 rings (SSSR count). The van der Waals surface area contributed by atoms with E-state index in [2.05, 4.69) is 18.9 Å². The molecule has 0 aliphatic rings. The molecule has 17 heavy (non-hydrogen) atoms. The van der Waals surface area contributed by atoms with Crippen molar-refractivity contribution in [3.63, 3.8) is 0 Å². The molecule has 5 heteroatoms. The lowest BCUT2D eigenvalue weighted by molar-refractivity contribution is -0.137. The third-order valence-electron chi connectivity index (χ3n) is 2.41. The molecular formula is C12H20N2O3. The summed E-state index contributed by atoms with van der Waals surface area (Å²) in [6.07, 6.45) is 6.29. The average molecular weight is 240 g/mol. The average Bonchev–Trinajstić information content (AvgIpc) is 2.71. The zero-order chi connectivity index (χ0) is 12.7. The number of carbonyl (C=O) groups is 1. The van der Waals surface area contributed by atoms with Gasteiger partial charge in [-0.15, -0.1) is 0 Å². The summed E-state index contributed by atoms with van der Waals surface area (Å²) in [5.74, 6) is 0.0427. The molecule has 1 N–H and O–H groups in total. The van der Waals surface area contributed by atoms with Crippen molar-refractivity contribution in [3.8, 4) is 5.75 Å². The molecule has 0 amide bonds. The van der Waals surface area contributed by atoms with E-state index >= 15 is 0 Å². The molecule has 5 nitrogen and oxygen atoms in total. The van der Waals surface area contributed by atoms with E-state index in [0.29, 0.717) is 19.1 Å². The Morgan fingerprint density at radius 1 is 1.47 bits per heavy atom. The number of rotatable bonds is 8. The van der Waals surface area contributed by atoms with Gasteiger partial charge in [0.05, 0.1) is 19.0 Å². The number of hydrogen-bond acceptors (Lipinski definition) is 3. The van der Waals surface area contributed by atoms with Gasteiger partial charge in [0, 0.05) is 12.5 Å². The van der Waals surface area contributed by atoms with Crippen LogP contribution in [0.3, 0.4) is 0 Å². The lowest BCUT2D eigenvalue weighted by Gasteiger charge is -2.04. The lowest BCUT2D eigenvalue weighted by atomic mass is 10.2. The summed E-state index contributed by atoms with van der Waals surface area (Å²) >= 11 is 0. The molecule has 0 aliphatic carbocycles. The number of nitrogens with zero attached hydrogens (tertiary/aromatic N) is 2. The minimum atomic E-state index is -0.732. The summed E-state index contributed by atoms with van der Waals surface area (Å²) in [5.41, 5.74) is 0. The number of unbranched alkanes of at least 4 members (excludes halogenated alkanes) is 2. The van der Waals surface area contributed by atoms with E-state index in [0.717, 1.165) is 18.6 Å². The predicted molar refractivity (Wildman–Crippen MR) is 64.2 cm³/mol. The first-order valence-electron chi connectivity index (χ1n) is 5.98. The van der Waals surface area contributed by atoms with Crippen LogP contribution >= 0.6 is 0 Å². The smallest absolute Gasteiger partial charge is 0.303 e. The van der Waals surface area contributed by atoms with Gasteiger partial charge in [-0.3, -0.25) is 9.48 Å². The Labute approximate surface area is 101 Å². The maximum atomic E-state index is 10.3. The van der Waals surface area contributed by atoms with Crippen LogP contribution in [0.5, 0.6) is 5.75 Å². The monoisotopic (exact) mass is 240 g/mol. The highest BCUT2D eigenvalue weighted by atomic mass is 16.5. The van der Waals surface area contributed by atoms with Crippen LogP contribution in [0.25, 0.3) is 0 Å². The Hall–Kier alpha value is -1.52. The maximum Gasteiger partial charge on any atom is 0.303 e. The van der Waals surface area contributed by atoms with Gasteiger partial charge in [-0.25, -0.2) is 0 Å². The van der Waals surface area contributed by atoms with Crippen LogP contribution in [0.1, 0.15) is 45.6 Å². The van der Waals surface area contributed by atoms with Crippen molar-refractivity contribution >= 4 is 5.97 Å². The molecule has 0 aliphatic heterocycles. The first kappa shape index (κ1) is 13.5. The summed E-state index contributed by atoms with van der Waals surface area (Å²) in [7, 11) is 0. The van der Waals surface area contributed by atoms with Crippen molar-refractivity contribution in [1.82, 2.24) is 9.78 Å². The molecule has 0 unspecified atom stereocenters. The molecule has 0 saturated heterocycles. The Balaban J connectivity index is 2.11. The Morgan fingerprint density at radius 3 is 2.82 bits per heavy atom. The molecule has 0 saturated carbocycles. The molecule has 0 aromatic carbocycles. The molecule has 96 valence electrons. The predicted octanol–water partition coefficient (Wildman–Crippen LogP) is 2.49.